The second-order valence-electron chi connectivity index (χ2n) is 4.90. The van der Waals surface area contributed by atoms with E-state index in [2.05, 4.69) is 17.2 Å². The first kappa shape index (κ1) is 15.0. The van der Waals surface area contributed by atoms with Gasteiger partial charge in [-0.2, -0.15) is 4.98 Å². The zero-order valence-corrected chi connectivity index (χ0v) is 11.5. The molecule has 3 N–H and O–H groups in total. The van der Waals surface area contributed by atoms with E-state index >= 15 is 0 Å². The van der Waals surface area contributed by atoms with Crippen molar-refractivity contribution in [2.75, 3.05) is 18.5 Å². The average Bonchev–Trinajstić information content (AvgIpc) is 2.80. The summed E-state index contributed by atoms with van der Waals surface area (Å²) < 4.78 is 6.77. The molecule has 0 bridgehead atoms. The Kier molecular flexibility index (Phi) is 5.11. The van der Waals surface area contributed by atoms with Crippen LogP contribution in [0.1, 0.15) is 32.4 Å². The lowest BCUT2D eigenvalue weighted by molar-refractivity contribution is -0.0458. The van der Waals surface area contributed by atoms with Crippen molar-refractivity contribution in [2.24, 2.45) is 0 Å². The van der Waals surface area contributed by atoms with Gasteiger partial charge in [0.05, 0.1) is 12.7 Å². The van der Waals surface area contributed by atoms with Crippen LogP contribution in [-0.4, -0.2) is 45.1 Å². The van der Waals surface area contributed by atoms with Crippen LogP contribution in [0.5, 0.6) is 0 Å². The molecule has 0 radical (unpaired) electrons. The van der Waals surface area contributed by atoms with E-state index in [-0.39, 0.29) is 13.0 Å². The Balaban J connectivity index is 2.05. The third kappa shape index (κ3) is 3.36. The molecule has 1 saturated heterocycles. The first-order valence-electron chi connectivity index (χ1n) is 6.93. The van der Waals surface area contributed by atoms with Gasteiger partial charge in [0, 0.05) is 19.2 Å². The van der Waals surface area contributed by atoms with Crippen molar-refractivity contribution in [1.29, 1.82) is 0 Å². The second-order valence-corrected chi connectivity index (χ2v) is 4.90. The van der Waals surface area contributed by atoms with Crippen LogP contribution in [0.3, 0.4) is 0 Å². The summed E-state index contributed by atoms with van der Waals surface area (Å²) in [5.74, 6) is 0.539. The molecule has 1 fully saturated rings. The molecule has 0 spiro atoms. The molecule has 2 heterocycles. The summed E-state index contributed by atoms with van der Waals surface area (Å²) in [6.07, 6.45) is 1.97. The Labute approximate surface area is 117 Å². The molecule has 1 aromatic rings. The van der Waals surface area contributed by atoms with Crippen LogP contribution in [0.2, 0.25) is 0 Å². The molecule has 3 atom stereocenters. The summed E-state index contributed by atoms with van der Waals surface area (Å²) in [5.41, 5.74) is -0.428. The predicted molar refractivity (Wildman–Crippen MR) is 73.5 cm³/mol. The standard InChI is InChI=1S/C13H21N3O4/c1-2-3-5-14-11-4-6-16(13(19)15-11)12-7-9(18)10(8-17)20-12/h4,6,9-10,12,17-18H,2-3,5,7-8H2,1H3,(H,14,15,19)/t9-,10+,12+/m0/s1. The fraction of sp³-hybridized carbons (Fsp3) is 0.692. The quantitative estimate of drug-likeness (QED) is 0.641. The van der Waals surface area contributed by atoms with Crippen LogP contribution in [-0.2, 0) is 4.74 Å². The maximum atomic E-state index is 11.9. The van der Waals surface area contributed by atoms with Crippen molar-refractivity contribution in [1.82, 2.24) is 9.55 Å². The van der Waals surface area contributed by atoms with Crippen molar-refractivity contribution in [3.05, 3.63) is 22.7 Å². The number of nitrogens with one attached hydrogen (secondary N) is 1. The monoisotopic (exact) mass is 283 g/mol. The highest BCUT2D eigenvalue weighted by molar-refractivity contribution is 5.31. The second kappa shape index (κ2) is 6.83. The van der Waals surface area contributed by atoms with Crippen LogP contribution in [0.4, 0.5) is 5.82 Å². The van der Waals surface area contributed by atoms with Gasteiger partial charge in [0.2, 0.25) is 0 Å². The molecule has 7 nitrogen and oxygen atoms in total. The average molecular weight is 283 g/mol. The molecular weight excluding hydrogens is 262 g/mol. The largest absolute Gasteiger partial charge is 0.394 e. The van der Waals surface area contributed by atoms with Gasteiger partial charge < -0.3 is 20.3 Å². The number of ether oxygens (including phenoxy) is 1. The molecule has 20 heavy (non-hydrogen) atoms. The Morgan fingerprint density at radius 2 is 2.40 bits per heavy atom. The first-order chi connectivity index (χ1) is 9.65. The van der Waals surface area contributed by atoms with Gasteiger partial charge in [-0.25, -0.2) is 4.79 Å². The molecular formula is C13H21N3O4. The highest BCUT2D eigenvalue weighted by atomic mass is 16.5. The van der Waals surface area contributed by atoms with Gasteiger partial charge in [0.1, 0.15) is 18.1 Å². The van der Waals surface area contributed by atoms with Gasteiger partial charge in [-0.3, -0.25) is 4.57 Å². The minimum Gasteiger partial charge on any atom is -0.394 e. The highest BCUT2D eigenvalue weighted by Crippen LogP contribution is 2.27. The smallest absolute Gasteiger partial charge is 0.351 e. The van der Waals surface area contributed by atoms with Gasteiger partial charge in [0.25, 0.3) is 0 Å². The number of anilines is 1. The summed E-state index contributed by atoms with van der Waals surface area (Å²) in [7, 11) is 0. The molecule has 112 valence electrons. The minimum atomic E-state index is -0.765. The number of hydrogen-bond acceptors (Lipinski definition) is 6. The van der Waals surface area contributed by atoms with Crippen LogP contribution < -0.4 is 11.0 Å². The fourth-order valence-corrected chi connectivity index (χ4v) is 2.17. The number of aliphatic hydroxyl groups is 2. The topological polar surface area (TPSA) is 96.6 Å². The van der Waals surface area contributed by atoms with E-state index in [1.807, 2.05) is 0 Å². The van der Waals surface area contributed by atoms with E-state index in [4.69, 9.17) is 9.84 Å². The lowest BCUT2D eigenvalue weighted by atomic mass is 10.2. The molecule has 1 aliphatic rings. The van der Waals surface area contributed by atoms with Gasteiger partial charge in [-0.1, -0.05) is 13.3 Å². The molecule has 7 heteroatoms. The number of rotatable bonds is 6. The van der Waals surface area contributed by atoms with Gasteiger partial charge >= 0.3 is 5.69 Å². The van der Waals surface area contributed by atoms with E-state index in [1.54, 1.807) is 12.3 Å². The normalized spacial score (nSPS) is 25.9. The molecule has 1 aromatic heterocycles. The van der Waals surface area contributed by atoms with E-state index in [0.29, 0.717) is 5.82 Å². The van der Waals surface area contributed by atoms with Gasteiger partial charge in [-0.15, -0.1) is 0 Å². The minimum absolute atomic E-state index is 0.267. The van der Waals surface area contributed by atoms with E-state index in [9.17, 15) is 9.90 Å². The molecule has 0 aliphatic carbocycles. The van der Waals surface area contributed by atoms with Crippen LogP contribution in [0.15, 0.2) is 17.1 Å². The van der Waals surface area contributed by atoms with E-state index < -0.39 is 24.1 Å². The number of unbranched alkanes of at least 4 members (excludes halogenated alkanes) is 1. The molecule has 2 rings (SSSR count). The maximum Gasteiger partial charge on any atom is 0.351 e. The summed E-state index contributed by atoms with van der Waals surface area (Å²) >= 11 is 0. The molecule has 1 aliphatic heterocycles. The number of nitrogens with zero attached hydrogens (tertiary/aromatic N) is 2. The van der Waals surface area contributed by atoms with Gasteiger partial charge in [0.15, 0.2) is 0 Å². The third-order valence-electron chi connectivity index (χ3n) is 3.36. The van der Waals surface area contributed by atoms with Crippen molar-refractivity contribution in [3.8, 4) is 0 Å². The summed E-state index contributed by atoms with van der Waals surface area (Å²) in [4.78, 5) is 15.9. The molecule has 0 saturated carbocycles. The van der Waals surface area contributed by atoms with Crippen LogP contribution in [0.25, 0.3) is 0 Å². The zero-order valence-electron chi connectivity index (χ0n) is 11.5. The summed E-state index contributed by atoms with van der Waals surface area (Å²) in [6.45, 7) is 2.60. The number of aliphatic hydroxyl groups excluding tert-OH is 2. The van der Waals surface area contributed by atoms with E-state index in [0.717, 1.165) is 19.4 Å². The zero-order chi connectivity index (χ0) is 14.5. The molecule has 0 unspecified atom stereocenters. The third-order valence-corrected chi connectivity index (χ3v) is 3.36. The lowest BCUT2D eigenvalue weighted by Crippen LogP contribution is -2.28. The number of aromatic nitrogens is 2. The summed E-state index contributed by atoms with van der Waals surface area (Å²) in [5, 5.41) is 21.8. The van der Waals surface area contributed by atoms with Crippen molar-refractivity contribution in [3.63, 3.8) is 0 Å². The maximum absolute atomic E-state index is 11.9. The Morgan fingerprint density at radius 1 is 1.60 bits per heavy atom. The Hall–Kier alpha value is -1.44. The SMILES string of the molecule is CCCCNc1ccn([C@H]2C[C@H](O)[C@@H](CO)O2)c(=O)n1. The lowest BCUT2D eigenvalue weighted by Gasteiger charge is -2.14. The fourth-order valence-electron chi connectivity index (χ4n) is 2.17. The van der Waals surface area contributed by atoms with Crippen molar-refractivity contribution >= 4 is 5.82 Å². The first-order valence-corrected chi connectivity index (χ1v) is 6.93. The van der Waals surface area contributed by atoms with Gasteiger partial charge in [-0.05, 0) is 12.5 Å². The van der Waals surface area contributed by atoms with E-state index in [1.165, 1.54) is 4.57 Å². The highest BCUT2D eigenvalue weighted by Gasteiger charge is 2.34. The molecule has 0 aromatic carbocycles. The Morgan fingerprint density at radius 3 is 3.00 bits per heavy atom. The van der Waals surface area contributed by atoms with Crippen molar-refractivity contribution < 1.29 is 14.9 Å². The summed E-state index contributed by atoms with van der Waals surface area (Å²) in [6, 6.07) is 1.71. The van der Waals surface area contributed by atoms with Crippen LogP contribution >= 0.6 is 0 Å². The predicted octanol–water partition coefficient (Wildman–Crippen LogP) is 0.0960. The number of hydrogen-bond donors (Lipinski definition) is 3. The van der Waals surface area contributed by atoms with Crippen LogP contribution in [0, 0.1) is 0 Å². The Bertz CT molecular complexity index is 491. The molecule has 0 amide bonds. The van der Waals surface area contributed by atoms with Crippen molar-refractivity contribution in [2.45, 2.75) is 44.6 Å².